The molecule has 0 radical (unpaired) electrons. The van der Waals surface area contributed by atoms with E-state index in [4.69, 9.17) is 21.2 Å². The molecule has 0 saturated carbocycles. The molecule has 0 aliphatic heterocycles. The molecule has 50 valence electrons. The quantitative estimate of drug-likeness (QED) is 0.188. The third-order valence-electron chi connectivity index (χ3n) is 0.770. The van der Waals surface area contributed by atoms with Gasteiger partial charge in [-0.1, -0.05) is 0 Å². The van der Waals surface area contributed by atoms with E-state index in [9.17, 15) is 0 Å². The monoisotopic (exact) mass is 164 g/mol. The van der Waals surface area contributed by atoms with Gasteiger partial charge in [0, 0.05) is 0 Å². The Bertz CT molecular complexity index is 338. The molecule has 4 nitrogen and oxygen atoms in total. The van der Waals surface area contributed by atoms with Gasteiger partial charge in [-0.25, -0.2) is 0 Å². The van der Waals surface area contributed by atoms with Crippen molar-refractivity contribution in [3.8, 4) is 18.2 Å². The minimum Gasteiger partial charge on any atom is -0.762 e. The van der Waals surface area contributed by atoms with Crippen LogP contribution in [0.15, 0.2) is 17.2 Å². The number of rotatable bonds is 1. The third-order valence-corrected chi connectivity index (χ3v) is 0.770. The van der Waals surface area contributed by atoms with Crippen LogP contribution >= 0.6 is 0 Å². The summed E-state index contributed by atoms with van der Waals surface area (Å²) in [4.78, 5) is 0. The Balaban J connectivity index is 0. The van der Waals surface area contributed by atoms with Crippen LogP contribution in [0.5, 0.6) is 0 Å². The molecule has 0 fully saturated rings. The van der Waals surface area contributed by atoms with E-state index in [1.54, 1.807) is 0 Å². The molecule has 0 N–H and O–H groups in total. The largest absolute Gasteiger partial charge is 1.00 e. The fraction of sp³-hybridized carbons (Fsp3) is 0. The zero-order chi connectivity index (χ0) is 8.69. The Kier molecular flexibility index (Phi) is 8.58. The molecule has 12 heavy (non-hydrogen) atoms. The van der Waals surface area contributed by atoms with Crippen LogP contribution in [0.25, 0.3) is 5.41 Å². The molecule has 0 saturated heterocycles. The maximum atomic E-state index is 8.19. The maximum Gasteiger partial charge on any atom is 1.00 e. The predicted molar refractivity (Wildman–Crippen MR) is 36.8 cm³/mol. The topological polar surface area (TPSA) is 93.7 Å². The van der Waals surface area contributed by atoms with Crippen molar-refractivity contribution in [1.29, 1.82) is 15.8 Å². The van der Waals surface area contributed by atoms with Crippen LogP contribution in [-0.2, 0) is 0 Å². The molecule has 0 heterocycles. The van der Waals surface area contributed by atoms with Crippen molar-refractivity contribution in [2.24, 2.45) is 0 Å². The molecule has 0 rings (SSSR count). The zero-order valence-electron chi connectivity index (χ0n) is 6.37. The van der Waals surface area contributed by atoms with Gasteiger partial charge < -0.3 is 5.41 Å². The van der Waals surface area contributed by atoms with E-state index in [0.717, 1.165) is 6.08 Å². The summed E-state index contributed by atoms with van der Waals surface area (Å²) in [7, 11) is 0. The molecule has 0 aromatic carbocycles. The summed E-state index contributed by atoms with van der Waals surface area (Å²) in [5.74, 6) is 1.53. The molecule has 0 aliphatic rings. The second-order valence-corrected chi connectivity index (χ2v) is 1.42. The Morgan fingerprint density at radius 2 is 1.58 bits per heavy atom. The molecule has 0 aromatic heterocycles. The van der Waals surface area contributed by atoms with Crippen LogP contribution in [0.1, 0.15) is 0 Å². The van der Waals surface area contributed by atoms with Crippen molar-refractivity contribution in [1.82, 2.24) is 0 Å². The second-order valence-electron chi connectivity index (χ2n) is 1.42. The number of allylic oxidation sites excluding steroid dienone is 3. The maximum absolute atomic E-state index is 8.19. The van der Waals surface area contributed by atoms with Gasteiger partial charge in [-0.2, -0.15) is 15.8 Å². The van der Waals surface area contributed by atoms with Crippen molar-refractivity contribution in [2.45, 2.75) is 0 Å². The first kappa shape index (κ1) is 13.3. The van der Waals surface area contributed by atoms with Crippen LogP contribution in [0.3, 0.4) is 0 Å². The van der Waals surface area contributed by atoms with Crippen molar-refractivity contribution in [3.63, 3.8) is 0 Å². The molecule has 0 unspecified atom stereocenters. The SMILES string of the molecule is N#CC(=C=[N-])C=C(C#N)C#N.[Na+]. The number of hydrogen-bond donors (Lipinski definition) is 0. The molecular weight excluding hydrogens is 163 g/mol. The number of nitriles is 3. The van der Waals surface area contributed by atoms with E-state index in [1.807, 2.05) is 0 Å². The van der Waals surface area contributed by atoms with Crippen LogP contribution in [0.2, 0.25) is 0 Å². The fourth-order valence-electron chi connectivity index (χ4n) is 0.323. The molecule has 5 heteroatoms. The van der Waals surface area contributed by atoms with Crippen molar-refractivity contribution in [3.05, 3.63) is 22.6 Å². The minimum absolute atomic E-state index is 0. The summed E-state index contributed by atoms with van der Waals surface area (Å²) in [5.41, 5.74) is -0.494. The Hall–Kier alpha value is -1.34. The molecule has 0 atom stereocenters. The smallest absolute Gasteiger partial charge is 0.762 e. The van der Waals surface area contributed by atoms with E-state index in [2.05, 4.69) is 0 Å². The predicted octanol–water partition coefficient (Wildman–Crippen LogP) is -2.35. The van der Waals surface area contributed by atoms with Crippen molar-refractivity contribution in [2.75, 3.05) is 0 Å². The van der Waals surface area contributed by atoms with Gasteiger partial charge in [0.1, 0.15) is 23.8 Å². The minimum atomic E-state index is -0.247. The van der Waals surface area contributed by atoms with Crippen LogP contribution in [0, 0.1) is 34.0 Å². The van der Waals surface area contributed by atoms with Gasteiger partial charge in [0.25, 0.3) is 0 Å². The van der Waals surface area contributed by atoms with E-state index >= 15 is 0 Å². The van der Waals surface area contributed by atoms with Gasteiger partial charge >= 0.3 is 29.6 Å². The average molecular weight is 164 g/mol. The van der Waals surface area contributed by atoms with Crippen LogP contribution in [-0.4, -0.2) is 5.87 Å². The number of hydrogen-bond acceptors (Lipinski definition) is 3. The average Bonchev–Trinajstić information content (AvgIpc) is 2.07. The normalized spacial score (nSPS) is 5.42. The third kappa shape index (κ3) is 4.47. The van der Waals surface area contributed by atoms with Crippen molar-refractivity contribution >= 4 is 5.87 Å². The van der Waals surface area contributed by atoms with Gasteiger partial charge in [-0.15, -0.1) is 0 Å². The van der Waals surface area contributed by atoms with Gasteiger partial charge in [0.2, 0.25) is 0 Å². The second kappa shape index (κ2) is 7.76. The summed E-state index contributed by atoms with van der Waals surface area (Å²) < 4.78 is 0. The van der Waals surface area contributed by atoms with E-state index in [0.29, 0.717) is 0 Å². The van der Waals surface area contributed by atoms with Gasteiger partial charge in [-0.05, 0) is 6.08 Å². The van der Waals surface area contributed by atoms with Gasteiger partial charge in [0.15, 0.2) is 0 Å². The van der Waals surface area contributed by atoms with Crippen molar-refractivity contribution < 1.29 is 29.6 Å². The summed E-state index contributed by atoms with van der Waals surface area (Å²) in [6.07, 6.45) is 0.944. The first-order chi connectivity index (χ1) is 5.28. The first-order valence-electron chi connectivity index (χ1n) is 2.47. The zero-order valence-corrected chi connectivity index (χ0v) is 8.37. The van der Waals surface area contributed by atoms with E-state index in [-0.39, 0.29) is 40.7 Å². The van der Waals surface area contributed by atoms with Gasteiger partial charge in [-0.3, -0.25) is 5.87 Å². The first-order valence-corrected chi connectivity index (χ1v) is 2.47. The number of nitrogens with zero attached hydrogens (tertiary/aromatic N) is 4. The summed E-state index contributed by atoms with van der Waals surface area (Å²) in [6, 6.07) is 4.58. The Labute approximate surface area is 91.8 Å². The van der Waals surface area contributed by atoms with Crippen LogP contribution in [0.4, 0.5) is 0 Å². The van der Waals surface area contributed by atoms with Crippen LogP contribution < -0.4 is 29.6 Å². The fourth-order valence-corrected chi connectivity index (χ4v) is 0.323. The summed E-state index contributed by atoms with van der Waals surface area (Å²) in [6.45, 7) is 0. The molecule has 0 spiro atoms. The standard InChI is InChI=1S/C7HN4.Na/c8-2-6(3-9)1-7(4-10)5-11;/h1H;/q-1;+1. The Morgan fingerprint density at radius 3 is 1.83 bits per heavy atom. The van der Waals surface area contributed by atoms with E-state index < -0.39 is 0 Å². The molecule has 0 aromatic rings. The molecule has 0 aliphatic carbocycles. The van der Waals surface area contributed by atoms with Gasteiger partial charge in [0.05, 0.1) is 5.57 Å². The summed E-state index contributed by atoms with van der Waals surface area (Å²) in [5, 5.41) is 32.8. The Morgan fingerprint density at radius 1 is 1.08 bits per heavy atom. The van der Waals surface area contributed by atoms with E-state index in [1.165, 1.54) is 24.1 Å². The molecule has 0 bridgehead atoms. The molecule has 0 amide bonds. The summed E-state index contributed by atoms with van der Waals surface area (Å²) >= 11 is 0. The molecular formula is C7HN4Na.